The summed E-state index contributed by atoms with van der Waals surface area (Å²) in [7, 11) is 0. The molecule has 2 aliphatic rings. The Kier molecular flexibility index (Phi) is 3.03. The van der Waals surface area contributed by atoms with Crippen LogP contribution in [0.2, 0.25) is 5.02 Å². The van der Waals surface area contributed by atoms with Crippen LogP contribution < -0.4 is 5.73 Å². The van der Waals surface area contributed by atoms with Crippen LogP contribution in [0.25, 0.3) is 0 Å². The molecule has 2 nitrogen and oxygen atoms in total. The van der Waals surface area contributed by atoms with Crippen LogP contribution in [0.3, 0.4) is 0 Å². The molecule has 0 bridgehead atoms. The molecule has 0 aliphatic heterocycles. The monoisotopic (exact) mass is 265 g/mol. The van der Waals surface area contributed by atoms with E-state index in [0.29, 0.717) is 5.02 Å². The van der Waals surface area contributed by atoms with Gasteiger partial charge in [-0.05, 0) is 62.1 Å². The van der Waals surface area contributed by atoms with Gasteiger partial charge in [0, 0.05) is 11.1 Å². The topological polar surface area (TPSA) is 46.2 Å². The number of benzene rings is 1. The summed E-state index contributed by atoms with van der Waals surface area (Å²) in [6, 6.07) is 1.95. The van der Waals surface area contributed by atoms with Crippen LogP contribution >= 0.6 is 11.6 Å². The lowest BCUT2D eigenvalue weighted by Gasteiger charge is -2.41. The third-order valence-corrected chi connectivity index (χ3v) is 4.86. The fourth-order valence-electron chi connectivity index (χ4n) is 3.38. The molecule has 1 fully saturated rings. The lowest BCUT2D eigenvalue weighted by molar-refractivity contribution is 0.243. The zero-order chi connectivity index (χ0) is 12.8. The van der Waals surface area contributed by atoms with Crippen LogP contribution in [-0.4, -0.2) is 5.11 Å². The summed E-state index contributed by atoms with van der Waals surface area (Å²) in [5, 5.41) is 10.8. The van der Waals surface area contributed by atoms with Gasteiger partial charge < -0.3 is 10.8 Å². The van der Waals surface area contributed by atoms with Gasteiger partial charge in [-0.1, -0.05) is 18.0 Å². The largest absolute Gasteiger partial charge is 0.506 e. The van der Waals surface area contributed by atoms with Crippen molar-refractivity contribution in [3.63, 3.8) is 0 Å². The van der Waals surface area contributed by atoms with Gasteiger partial charge in [-0.25, -0.2) is 0 Å². The van der Waals surface area contributed by atoms with Crippen molar-refractivity contribution in [1.82, 2.24) is 0 Å². The molecule has 0 unspecified atom stereocenters. The first-order chi connectivity index (χ1) is 8.62. The molecular formula is C15H20ClNO. The molecule has 1 aromatic rings. The number of halogens is 1. The van der Waals surface area contributed by atoms with Gasteiger partial charge in [-0.15, -0.1) is 0 Å². The number of phenols is 1. The molecule has 18 heavy (non-hydrogen) atoms. The molecule has 3 rings (SSSR count). The fraction of sp³-hybridized carbons (Fsp3) is 0.600. The quantitative estimate of drug-likeness (QED) is 0.762. The normalized spacial score (nSPS) is 21.9. The van der Waals surface area contributed by atoms with Gasteiger partial charge in [0.15, 0.2) is 0 Å². The Morgan fingerprint density at radius 1 is 1.11 bits per heavy atom. The average molecular weight is 266 g/mol. The summed E-state index contributed by atoms with van der Waals surface area (Å²) in [6.45, 7) is 0. The molecule has 3 heteroatoms. The molecule has 1 saturated carbocycles. The zero-order valence-corrected chi connectivity index (χ0v) is 11.4. The third kappa shape index (κ3) is 1.83. The molecule has 0 spiro atoms. The number of aromatic hydroxyl groups is 1. The molecule has 1 aromatic carbocycles. The predicted molar refractivity (Wildman–Crippen MR) is 74.1 cm³/mol. The maximum absolute atomic E-state index is 10.3. The summed E-state index contributed by atoms with van der Waals surface area (Å²) in [6.07, 6.45) is 8.84. The Morgan fingerprint density at radius 3 is 2.50 bits per heavy atom. The van der Waals surface area contributed by atoms with Gasteiger partial charge in [0.1, 0.15) is 5.75 Å². The van der Waals surface area contributed by atoms with E-state index in [1.165, 1.54) is 30.4 Å². The van der Waals surface area contributed by atoms with E-state index in [4.69, 9.17) is 17.3 Å². The number of hydrogen-bond donors (Lipinski definition) is 2. The first-order valence-electron chi connectivity index (χ1n) is 6.94. The Labute approximate surface area is 113 Å². The van der Waals surface area contributed by atoms with Gasteiger partial charge >= 0.3 is 0 Å². The lowest BCUT2D eigenvalue weighted by atomic mass is 9.70. The van der Waals surface area contributed by atoms with Gasteiger partial charge in [-0.3, -0.25) is 0 Å². The van der Waals surface area contributed by atoms with Crippen molar-refractivity contribution in [2.45, 2.75) is 56.9 Å². The van der Waals surface area contributed by atoms with Crippen LogP contribution in [-0.2, 0) is 18.4 Å². The first kappa shape index (κ1) is 12.3. The van der Waals surface area contributed by atoms with Crippen LogP contribution in [0, 0.1) is 0 Å². The number of aryl methyl sites for hydroxylation is 1. The maximum atomic E-state index is 10.3. The van der Waals surface area contributed by atoms with Crippen LogP contribution in [0.4, 0.5) is 0 Å². The second-order valence-corrected chi connectivity index (χ2v) is 6.20. The van der Waals surface area contributed by atoms with Crippen LogP contribution in [0.15, 0.2) is 6.07 Å². The van der Waals surface area contributed by atoms with Gasteiger partial charge in [-0.2, -0.15) is 0 Å². The van der Waals surface area contributed by atoms with Gasteiger partial charge in [0.2, 0.25) is 0 Å². The average Bonchev–Trinajstić information content (AvgIpc) is 2.53. The summed E-state index contributed by atoms with van der Waals surface area (Å²) < 4.78 is 0. The highest BCUT2D eigenvalue weighted by atomic mass is 35.5. The number of fused-ring (bicyclic) bond motifs is 1. The molecule has 98 valence electrons. The minimum atomic E-state index is -0.330. The van der Waals surface area contributed by atoms with Crippen molar-refractivity contribution in [3.05, 3.63) is 27.8 Å². The molecule has 0 aromatic heterocycles. The maximum Gasteiger partial charge on any atom is 0.139 e. The van der Waals surface area contributed by atoms with E-state index >= 15 is 0 Å². The van der Waals surface area contributed by atoms with Crippen molar-refractivity contribution in [1.29, 1.82) is 0 Å². The highest BCUT2D eigenvalue weighted by Gasteiger charge is 2.39. The Morgan fingerprint density at radius 2 is 1.83 bits per heavy atom. The second kappa shape index (κ2) is 4.43. The van der Waals surface area contributed by atoms with Crippen molar-refractivity contribution in [3.8, 4) is 5.75 Å². The second-order valence-electron chi connectivity index (χ2n) is 5.79. The predicted octanol–water partition coefficient (Wildman–Crippen LogP) is 3.65. The van der Waals surface area contributed by atoms with Crippen molar-refractivity contribution in [2.24, 2.45) is 5.73 Å². The first-order valence-corrected chi connectivity index (χ1v) is 7.32. The van der Waals surface area contributed by atoms with Crippen LogP contribution in [0.1, 0.15) is 55.2 Å². The Balaban J connectivity index is 2.18. The third-order valence-electron chi connectivity index (χ3n) is 4.57. The van der Waals surface area contributed by atoms with E-state index in [0.717, 1.165) is 37.7 Å². The molecular weight excluding hydrogens is 246 g/mol. The van der Waals surface area contributed by atoms with E-state index < -0.39 is 0 Å². The van der Waals surface area contributed by atoms with E-state index in [1.807, 2.05) is 6.07 Å². The number of hydrogen-bond acceptors (Lipinski definition) is 2. The molecule has 0 heterocycles. The molecule has 0 atom stereocenters. The molecule has 0 amide bonds. The molecule has 3 N–H and O–H groups in total. The summed E-state index contributed by atoms with van der Waals surface area (Å²) in [4.78, 5) is 0. The zero-order valence-electron chi connectivity index (χ0n) is 10.6. The number of rotatable bonds is 1. The molecule has 0 saturated heterocycles. The van der Waals surface area contributed by atoms with Gasteiger partial charge in [0.25, 0.3) is 0 Å². The minimum absolute atomic E-state index is 0.236. The molecule has 0 radical (unpaired) electrons. The summed E-state index contributed by atoms with van der Waals surface area (Å²) in [5.41, 5.74) is 9.67. The van der Waals surface area contributed by atoms with Crippen LogP contribution in [0.5, 0.6) is 5.75 Å². The van der Waals surface area contributed by atoms with Crippen molar-refractivity contribution >= 4 is 11.6 Å². The fourth-order valence-corrected chi connectivity index (χ4v) is 3.60. The standard InChI is InChI=1S/C15H20ClNO/c16-12-9-10-5-2-1-3-6-11(10)13(14(12)18)15(17)7-4-8-15/h9,18H,1-8,17H2. The van der Waals surface area contributed by atoms with E-state index in [9.17, 15) is 5.11 Å². The summed E-state index contributed by atoms with van der Waals surface area (Å²) >= 11 is 6.19. The summed E-state index contributed by atoms with van der Waals surface area (Å²) in [5.74, 6) is 0.236. The van der Waals surface area contributed by atoms with Crippen molar-refractivity contribution in [2.75, 3.05) is 0 Å². The Bertz CT molecular complexity index is 480. The highest BCUT2D eigenvalue weighted by Crippen LogP contribution is 2.48. The van der Waals surface area contributed by atoms with Gasteiger partial charge in [0.05, 0.1) is 5.02 Å². The SMILES string of the molecule is NC1(c2c(O)c(Cl)cc3c2CCCCC3)CCC1. The Hall–Kier alpha value is -0.730. The van der Waals surface area contributed by atoms with E-state index in [2.05, 4.69) is 0 Å². The van der Waals surface area contributed by atoms with Crippen molar-refractivity contribution < 1.29 is 5.11 Å². The number of nitrogens with two attached hydrogens (primary N) is 1. The van der Waals surface area contributed by atoms with E-state index in [1.54, 1.807) is 0 Å². The molecule has 2 aliphatic carbocycles. The minimum Gasteiger partial charge on any atom is -0.506 e. The highest BCUT2D eigenvalue weighted by molar-refractivity contribution is 6.32. The smallest absolute Gasteiger partial charge is 0.139 e. The lowest BCUT2D eigenvalue weighted by Crippen LogP contribution is -2.44. The number of phenolic OH excluding ortho intramolecular Hbond substituents is 1. The van der Waals surface area contributed by atoms with E-state index in [-0.39, 0.29) is 11.3 Å².